The highest BCUT2D eigenvalue weighted by atomic mass is 16.5. The molecule has 2 aromatic rings. The molecule has 2 amide bonds. The average molecular weight is 330 g/mol. The third-order valence-electron chi connectivity index (χ3n) is 3.78. The maximum atomic E-state index is 12.3. The van der Waals surface area contributed by atoms with Gasteiger partial charge in [0.1, 0.15) is 17.6 Å². The highest BCUT2D eigenvalue weighted by Gasteiger charge is 2.23. The molecule has 128 valence electrons. The SMILES string of the molecule is COc1ccc(CN(C(C)=O)C(C)C(=O)NCc2ccco2)cc1. The highest BCUT2D eigenvalue weighted by Crippen LogP contribution is 2.15. The lowest BCUT2D eigenvalue weighted by Crippen LogP contribution is -2.46. The Balaban J connectivity index is 1.99. The minimum Gasteiger partial charge on any atom is -0.497 e. The zero-order valence-corrected chi connectivity index (χ0v) is 14.1. The second-order valence-electron chi connectivity index (χ2n) is 5.47. The molecule has 6 heteroatoms. The first-order chi connectivity index (χ1) is 11.5. The summed E-state index contributed by atoms with van der Waals surface area (Å²) in [5, 5.41) is 2.78. The molecule has 1 unspecified atom stereocenters. The Labute approximate surface area is 141 Å². The van der Waals surface area contributed by atoms with Crippen molar-refractivity contribution < 1.29 is 18.7 Å². The van der Waals surface area contributed by atoms with Crippen molar-refractivity contribution in [3.63, 3.8) is 0 Å². The third kappa shape index (κ3) is 4.62. The van der Waals surface area contributed by atoms with E-state index in [0.29, 0.717) is 18.8 Å². The first-order valence-electron chi connectivity index (χ1n) is 7.71. The summed E-state index contributed by atoms with van der Waals surface area (Å²) in [5.41, 5.74) is 0.927. The highest BCUT2D eigenvalue weighted by molar-refractivity contribution is 5.86. The van der Waals surface area contributed by atoms with Gasteiger partial charge in [-0.3, -0.25) is 9.59 Å². The Kier molecular flexibility index (Phi) is 6.01. The van der Waals surface area contributed by atoms with Crippen LogP contribution in [0.25, 0.3) is 0 Å². The zero-order chi connectivity index (χ0) is 17.5. The van der Waals surface area contributed by atoms with Crippen molar-refractivity contribution in [2.24, 2.45) is 0 Å². The monoisotopic (exact) mass is 330 g/mol. The van der Waals surface area contributed by atoms with Crippen LogP contribution in [0.1, 0.15) is 25.2 Å². The van der Waals surface area contributed by atoms with Crippen molar-refractivity contribution in [3.8, 4) is 5.75 Å². The second-order valence-corrected chi connectivity index (χ2v) is 5.47. The van der Waals surface area contributed by atoms with Gasteiger partial charge < -0.3 is 19.4 Å². The fourth-order valence-electron chi connectivity index (χ4n) is 2.33. The summed E-state index contributed by atoms with van der Waals surface area (Å²) in [6.07, 6.45) is 1.55. The van der Waals surface area contributed by atoms with Gasteiger partial charge in [-0.25, -0.2) is 0 Å². The minimum absolute atomic E-state index is 0.161. The van der Waals surface area contributed by atoms with Gasteiger partial charge in [0.15, 0.2) is 0 Å². The van der Waals surface area contributed by atoms with Crippen LogP contribution in [0.4, 0.5) is 0 Å². The topological polar surface area (TPSA) is 71.8 Å². The van der Waals surface area contributed by atoms with Crippen LogP contribution in [0.3, 0.4) is 0 Å². The van der Waals surface area contributed by atoms with Crippen LogP contribution in [0.5, 0.6) is 5.75 Å². The maximum Gasteiger partial charge on any atom is 0.242 e. The molecule has 1 aromatic heterocycles. The van der Waals surface area contributed by atoms with Gasteiger partial charge in [0.05, 0.1) is 19.9 Å². The fourth-order valence-corrected chi connectivity index (χ4v) is 2.33. The third-order valence-corrected chi connectivity index (χ3v) is 3.78. The summed E-state index contributed by atoms with van der Waals surface area (Å²) in [6, 6.07) is 10.4. The van der Waals surface area contributed by atoms with E-state index in [1.54, 1.807) is 32.4 Å². The van der Waals surface area contributed by atoms with Gasteiger partial charge in [0.2, 0.25) is 11.8 Å². The number of nitrogens with zero attached hydrogens (tertiary/aromatic N) is 1. The summed E-state index contributed by atoms with van der Waals surface area (Å²) in [6.45, 7) is 3.82. The molecule has 0 aliphatic carbocycles. The number of carbonyl (C=O) groups is 2. The number of benzene rings is 1. The van der Waals surface area contributed by atoms with E-state index in [1.807, 2.05) is 24.3 Å². The molecule has 0 saturated heterocycles. The molecule has 0 spiro atoms. The van der Waals surface area contributed by atoms with Gasteiger partial charge in [-0.15, -0.1) is 0 Å². The van der Waals surface area contributed by atoms with Crippen LogP contribution >= 0.6 is 0 Å². The molecule has 6 nitrogen and oxygen atoms in total. The molecule has 1 heterocycles. The smallest absolute Gasteiger partial charge is 0.242 e. The van der Waals surface area contributed by atoms with Gasteiger partial charge in [-0.05, 0) is 36.8 Å². The maximum absolute atomic E-state index is 12.3. The molecule has 1 atom stereocenters. The molecule has 0 saturated carbocycles. The summed E-state index contributed by atoms with van der Waals surface area (Å²) in [5.74, 6) is 1.03. The van der Waals surface area contributed by atoms with Gasteiger partial charge in [0.25, 0.3) is 0 Å². The van der Waals surface area contributed by atoms with Crippen LogP contribution < -0.4 is 10.1 Å². The van der Waals surface area contributed by atoms with Crippen LogP contribution in [0, 0.1) is 0 Å². The number of ether oxygens (including phenoxy) is 1. The molecule has 0 aliphatic heterocycles. The first kappa shape index (κ1) is 17.6. The van der Waals surface area contributed by atoms with E-state index >= 15 is 0 Å². The van der Waals surface area contributed by atoms with Gasteiger partial charge >= 0.3 is 0 Å². The quantitative estimate of drug-likeness (QED) is 0.846. The number of methoxy groups -OCH3 is 1. The normalized spacial score (nSPS) is 11.6. The molecule has 1 N–H and O–H groups in total. The Morgan fingerprint density at radius 3 is 2.50 bits per heavy atom. The van der Waals surface area contributed by atoms with E-state index in [4.69, 9.17) is 9.15 Å². The number of hydrogen-bond acceptors (Lipinski definition) is 4. The van der Waals surface area contributed by atoms with E-state index in [-0.39, 0.29) is 11.8 Å². The van der Waals surface area contributed by atoms with Crippen molar-refractivity contribution in [3.05, 3.63) is 54.0 Å². The summed E-state index contributed by atoms with van der Waals surface area (Å²) in [4.78, 5) is 25.8. The van der Waals surface area contributed by atoms with Crippen molar-refractivity contribution in [2.45, 2.75) is 33.0 Å². The largest absolute Gasteiger partial charge is 0.497 e. The average Bonchev–Trinajstić information content (AvgIpc) is 3.10. The van der Waals surface area contributed by atoms with Crippen molar-refractivity contribution in [2.75, 3.05) is 7.11 Å². The molecule has 2 rings (SSSR count). The second kappa shape index (κ2) is 8.19. The van der Waals surface area contributed by atoms with Crippen LogP contribution in [-0.2, 0) is 22.7 Å². The molecule has 0 aliphatic rings. The Hall–Kier alpha value is -2.76. The van der Waals surface area contributed by atoms with Gasteiger partial charge in [0, 0.05) is 13.5 Å². The lowest BCUT2D eigenvalue weighted by atomic mass is 10.1. The van der Waals surface area contributed by atoms with Crippen molar-refractivity contribution >= 4 is 11.8 Å². The van der Waals surface area contributed by atoms with E-state index in [2.05, 4.69) is 5.32 Å². The molecular formula is C18H22N2O4. The first-order valence-corrected chi connectivity index (χ1v) is 7.71. The van der Waals surface area contributed by atoms with Crippen molar-refractivity contribution in [1.29, 1.82) is 0 Å². The number of nitrogens with one attached hydrogen (secondary N) is 1. The number of amides is 2. The lowest BCUT2D eigenvalue weighted by Gasteiger charge is -2.27. The Morgan fingerprint density at radius 2 is 1.96 bits per heavy atom. The summed E-state index contributed by atoms with van der Waals surface area (Å²) >= 11 is 0. The minimum atomic E-state index is -0.584. The Morgan fingerprint density at radius 1 is 1.25 bits per heavy atom. The molecule has 0 radical (unpaired) electrons. The molecule has 1 aromatic carbocycles. The fraction of sp³-hybridized carbons (Fsp3) is 0.333. The van der Waals surface area contributed by atoms with Gasteiger partial charge in [-0.2, -0.15) is 0 Å². The standard InChI is InChI=1S/C18H22N2O4/c1-13(18(22)19-11-17-5-4-10-24-17)20(14(2)21)12-15-6-8-16(23-3)9-7-15/h4-10,13H,11-12H2,1-3H3,(H,19,22). The number of furan rings is 1. The summed E-state index contributed by atoms with van der Waals surface area (Å²) < 4.78 is 10.3. The van der Waals surface area contributed by atoms with E-state index in [1.165, 1.54) is 11.8 Å². The number of rotatable bonds is 7. The van der Waals surface area contributed by atoms with Crippen LogP contribution in [0.15, 0.2) is 47.1 Å². The zero-order valence-electron chi connectivity index (χ0n) is 14.1. The summed E-state index contributed by atoms with van der Waals surface area (Å²) in [7, 11) is 1.60. The van der Waals surface area contributed by atoms with Crippen LogP contribution in [-0.4, -0.2) is 29.9 Å². The van der Waals surface area contributed by atoms with Crippen LogP contribution in [0.2, 0.25) is 0 Å². The number of hydrogen-bond donors (Lipinski definition) is 1. The van der Waals surface area contributed by atoms with Crippen molar-refractivity contribution in [1.82, 2.24) is 10.2 Å². The number of carbonyl (C=O) groups excluding carboxylic acids is 2. The molecular weight excluding hydrogens is 308 g/mol. The molecule has 24 heavy (non-hydrogen) atoms. The van der Waals surface area contributed by atoms with E-state index in [0.717, 1.165) is 11.3 Å². The predicted octanol–water partition coefficient (Wildman–Crippen LogP) is 2.34. The lowest BCUT2D eigenvalue weighted by molar-refractivity contribution is -0.139. The molecule has 0 fully saturated rings. The van der Waals surface area contributed by atoms with E-state index in [9.17, 15) is 9.59 Å². The van der Waals surface area contributed by atoms with E-state index < -0.39 is 6.04 Å². The van der Waals surface area contributed by atoms with Gasteiger partial charge in [-0.1, -0.05) is 12.1 Å². The predicted molar refractivity (Wildman–Crippen MR) is 89.2 cm³/mol. The Bertz CT molecular complexity index is 665. The molecule has 0 bridgehead atoms.